The molecule has 0 saturated carbocycles. The van der Waals surface area contributed by atoms with E-state index in [-0.39, 0.29) is 48.6 Å². The van der Waals surface area contributed by atoms with Crippen LogP contribution in [0.1, 0.15) is 12.8 Å². The van der Waals surface area contributed by atoms with Crippen molar-refractivity contribution >= 4 is 20.0 Å². The van der Waals surface area contributed by atoms with Crippen LogP contribution in [0.25, 0.3) is 22.5 Å². The monoisotopic (exact) mass is 796 g/mol. The Kier molecular flexibility index (Phi) is 14.0. The number of rotatable bonds is 12. The molecular formula is C36H40F4N4O8S2. The van der Waals surface area contributed by atoms with E-state index in [4.69, 9.17) is 18.9 Å². The summed E-state index contributed by atoms with van der Waals surface area (Å²) in [7, 11) is -6.71. The summed E-state index contributed by atoms with van der Waals surface area (Å²) in [5.74, 6) is -2.46. The Hall–Kier alpha value is -4.20. The van der Waals surface area contributed by atoms with Gasteiger partial charge in [-0.15, -0.1) is 0 Å². The van der Waals surface area contributed by atoms with Gasteiger partial charge in [0.1, 0.15) is 11.6 Å². The van der Waals surface area contributed by atoms with Crippen molar-refractivity contribution in [2.24, 2.45) is 11.8 Å². The zero-order valence-electron chi connectivity index (χ0n) is 29.4. The molecule has 292 valence electrons. The average molecular weight is 797 g/mol. The summed E-state index contributed by atoms with van der Waals surface area (Å²) in [4.78, 5) is 7.84. The number of sulfonamides is 2. The van der Waals surface area contributed by atoms with Crippen LogP contribution in [-0.4, -0.2) is 91.0 Å². The summed E-state index contributed by atoms with van der Waals surface area (Å²) in [5.41, 5.74) is 1.88. The highest BCUT2D eigenvalue weighted by atomic mass is 32.2. The second-order valence-electron chi connectivity index (χ2n) is 12.9. The van der Waals surface area contributed by atoms with E-state index in [1.807, 2.05) is 0 Å². The molecule has 0 amide bonds. The number of pyridine rings is 2. The fraction of sp³-hybridized carbons (Fsp3) is 0.389. The van der Waals surface area contributed by atoms with Gasteiger partial charge in [-0.2, -0.15) is 0 Å². The summed E-state index contributed by atoms with van der Waals surface area (Å²) in [5, 5.41) is 0. The summed E-state index contributed by atoms with van der Waals surface area (Å²) >= 11 is 0. The Balaban J connectivity index is 0.000000208. The van der Waals surface area contributed by atoms with Crippen LogP contribution in [0.4, 0.5) is 17.6 Å². The minimum atomic E-state index is -3.36. The minimum absolute atomic E-state index is 0.0459. The van der Waals surface area contributed by atoms with Gasteiger partial charge in [-0.05, 0) is 73.5 Å². The molecule has 4 heterocycles. The van der Waals surface area contributed by atoms with Crippen LogP contribution in [0.3, 0.4) is 0 Å². The van der Waals surface area contributed by atoms with Gasteiger partial charge in [0, 0.05) is 48.3 Å². The fourth-order valence-electron chi connectivity index (χ4n) is 5.82. The summed E-state index contributed by atoms with van der Waals surface area (Å²) in [6.45, 7) is 1.78. The van der Waals surface area contributed by atoms with Crippen molar-refractivity contribution in [1.29, 1.82) is 0 Å². The van der Waals surface area contributed by atoms with E-state index in [1.54, 1.807) is 12.1 Å². The zero-order valence-corrected chi connectivity index (χ0v) is 31.0. The van der Waals surface area contributed by atoms with Gasteiger partial charge in [-0.3, -0.25) is 9.97 Å². The SMILES string of the molecule is CS(=O)(=O)NC1CCOCC1COc1ccc(-c2ccc(F)cn2)cc1F.CS(=O)(=O)NC1CCOCC1COc1ccc(-c2ccc(F)cn2)cc1F. The molecular weight excluding hydrogens is 757 g/mol. The van der Waals surface area contributed by atoms with Crippen molar-refractivity contribution in [3.63, 3.8) is 0 Å². The maximum atomic E-state index is 14.4. The molecule has 18 heteroatoms. The fourth-order valence-corrected chi connectivity index (χ4v) is 7.54. The molecule has 54 heavy (non-hydrogen) atoms. The van der Waals surface area contributed by atoms with E-state index in [1.165, 1.54) is 48.5 Å². The van der Waals surface area contributed by atoms with Gasteiger partial charge in [0.2, 0.25) is 20.0 Å². The largest absolute Gasteiger partial charge is 0.490 e. The first kappa shape index (κ1) is 41.0. The molecule has 2 aliphatic rings. The highest BCUT2D eigenvalue weighted by Crippen LogP contribution is 2.28. The lowest BCUT2D eigenvalue weighted by molar-refractivity contribution is 0.0179. The van der Waals surface area contributed by atoms with Crippen molar-refractivity contribution in [3.05, 3.63) is 96.3 Å². The predicted octanol–water partition coefficient (Wildman–Crippen LogP) is 4.72. The maximum absolute atomic E-state index is 14.4. The van der Waals surface area contributed by atoms with Gasteiger partial charge in [0.25, 0.3) is 0 Å². The number of ether oxygens (including phenoxy) is 4. The third kappa shape index (κ3) is 12.4. The van der Waals surface area contributed by atoms with Crippen LogP contribution in [0, 0.1) is 35.1 Å². The zero-order chi connectivity index (χ0) is 38.9. The van der Waals surface area contributed by atoms with E-state index < -0.39 is 43.3 Å². The van der Waals surface area contributed by atoms with Gasteiger partial charge in [0.05, 0.1) is 62.7 Å². The van der Waals surface area contributed by atoms with Crippen LogP contribution in [0.15, 0.2) is 73.1 Å². The van der Waals surface area contributed by atoms with Crippen LogP contribution in [0.5, 0.6) is 11.5 Å². The van der Waals surface area contributed by atoms with E-state index in [9.17, 15) is 34.4 Å². The molecule has 0 spiro atoms. The predicted molar refractivity (Wildman–Crippen MR) is 192 cm³/mol. The lowest BCUT2D eigenvalue weighted by Crippen LogP contribution is -2.47. The Bertz CT molecular complexity index is 1930. The Morgan fingerprint density at radius 1 is 0.648 bits per heavy atom. The van der Waals surface area contributed by atoms with Gasteiger partial charge >= 0.3 is 0 Å². The molecule has 0 aliphatic carbocycles. The van der Waals surface area contributed by atoms with Crippen LogP contribution >= 0.6 is 0 Å². The Morgan fingerprint density at radius 3 is 1.39 bits per heavy atom. The molecule has 6 rings (SSSR count). The second kappa shape index (κ2) is 18.4. The van der Waals surface area contributed by atoms with Crippen molar-refractivity contribution in [1.82, 2.24) is 19.4 Å². The maximum Gasteiger partial charge on any atom is 0.208 e. The summed E-state index contributed by atoms with van der Waals surface area (Å²) in [6.07, 6.45) is 5.38. The minimum Gasteiger partial charge on any atom is -0.490 e. The van der Waals surface area contributed by atoms with E-state index in [2.05, 4.69) is 19.4 Å². The Labute approximate surface area is 311 Å². The number of halogens is 4. The number of hydrogen-bond donors (Lipinski definition) is 2. The van der Waals surface area contributed by atoms with Gasteiger partial charge in [-0.1, -0.05) is 0 Å². The first-order valence-electron chi connectivity index (χ1n) is 16.8. The van der Waals surface area contributed by atoms with Crippen LogP contribution < -0.4 is 18.9 Å². The molecule has 4 unspecified atom stereocenters. The molecule has 2 fully saturated rings. The van der Waals surface area contributed by atoms with Crippen molar-refractivity contribution in [2.45, 2.75) is 24.9 Å². The van der Waals surface area contributed by atoms with Crippen LogP contribution in [0.2, 0.25) is 0 Å². The quantitative estimate of drug-likeness (QED) is 0.193. The third-order valence-corrected chi connectivity index (χ3v) is 9.96. The first-order valence-corrected chi connectivity index (χ1v) is 20.6. The number of nitrogens with zero attached hydrogens (tertiary/aromatic N) is 2. The smallest absolute Gasteiger partial charge is 0.208 e. The summed E-state index contributed by atoms with van der Waals surface area (Å²) in [6, 6.07) is 13.5. The normalized spacial score (nSPS) is 20.4. The van der Waals surface area contributed by atoms with E-state index in [0.29, 0.717) is 61.8 Å². The lowest BCUT2D eigenvalue weighted by Gasteiger charge is -2.31. The molecule has 4 aromatic rings. The number of aromatic nitrogens is 2. The topological polar surface area (TPSA) is 155 Å². The Morgan fingerprint density at radius 2 is 1.06 bits per heavy atom. The van der Waals surface area contributed by atoms with E-state index >= 15 is 0 Å². The van der Waals surface area contributed by atoms with Gasteiger partial charge < -0.3 is 18.9 Å². The van der Waals surface area contributed by atoms with Crippen molar-refractivity contribution in [3.8, 4) is 34.0 Å². The molecule has 0 bridgehead atoms. The van der Waals surface area contributed by atoms with Gasteiger partial charge in [0.15, 0.2) is 23.1 Å². The van der Waals surface area contributed by atoms with Gasteiger partial charge in [-0.25, -0.2) is 43.8 Å². The number of nitrogens with one attached hydrogen (secondary N) is 2. The molecule has 0 radical (unpaired) electrons. The molecule has 2 aromatic heterocycles. The lowest BCUT2D eigenvalue weighted by atomic mass is 9.98. The molecule has 2 aliphatic heterocycles. The standard InChI is InChI=1S/2C18H20F2N2O4S/c2*1-27(23,24)22-17-6-7-25-10-13(17)11-26-18-5-2-12(8-15(18)20)16-4-3-14(19)9-21-16/h2*2-5,8-9,13,17,22H,6-7,10-11H2,1H3. The van der Waals surface area contributed by atoms with Crippen LogP contribution in [-0.2, 0) is 29.5 Å². The van der Waals surface area contributed by atoms with E-state index in [0.717, 1.165) is 24.9 Å². The molecule has 2 aromatic carbocycles. The van der Waals surface area contributed by atoms with Crippen molar-refractivity contribution < 1.29 is 53.3 Å². The highest BCUT2D eigenvalue weighted by molar-refractivity contribution is 7.89. The number of hydrogen-bond acceptors (Lipinski definition) is 10. The molecule has 4 atom stereocenters. The molecule has 2 saturated heterocycles. The average Bonchev–Trinajstić information content (AvgIpc) is 3.11. The number of benzene rings is 2. The second-order valence-corrected chi connectivity index (χ2v) is 16.4. The third-order valence-electron chi connectivity index (χ3n) is 8.50. The molecule has 12 nitrogen and oxygen atoms in total. The molecule has 2 N–H and O–H groups in total. The highest BCUT2D eigenvalue weighted by Gasteiger charge is 2.30. The van der Waals surface area contributed by atoms with Crippen molar-refractivity contribution in [2.75, 3.05) is 52.2 Å². The first-order chi connectivity index (χ1) is 25.6. The summed E-state index contributed by atoms with van der Waals surface area (Å²) < 4.78 is 128.